The second-order valence-electron chi connectivity index (χ2n) is 6.77. The van der Waals surface area contributed by atoms with Crippen molar-refractivity contribution in [2.24, 2.45) is 5.18 Å². The Bertz CT molecular complexity index is 1140. The maximum absolute atomic E-state index is 12.7. The van der Waals surface area contributed by atoms with Gasteiger partial charge in [-0.3, -0.25) is 14.5 Å². The predicted octanol–water partition coefficient (Wildman–Crippen LogP) is -0.122. The van der Waals surface area contributed by atoms with Crippen LogP contribution in [0.4, 0.5) is 10.9 Å². The smallest absolute Gasteiger partial charge is 0.353 e. The zero-order valence-electron chi connectivity index (χ0n) is 16.0. The number of anilines is 2. The largest absolute Gasteiger partial charge is 0.477 e. The summed E-state index contributed by atoms with van der Waals surface area (Å²) in [7, 11) is 0. The summed E-state index contributed by atoms with van der Waals surface area (Å²) >= 11 is 1.88. The van der Waals surface area contributed by atoms with Crippen LogP contribution in [0.1, 0.15) is 24.7 Å². The molecule has 16 heteroatoms. The molecule has 6 N–H and O–H groups in total. The molecule has 2 aliphatic heterocycles. The van der Waals surface area contributed by atoms with Crippen LogP contribution in [0.2, 0.25) is 0 Å². The van der Waals surface area contributed by atoms with E-state index in [1.165, 1.54) is 6.07 Å². The van der Waals surface area contributed by atoms with Crippen molar-refractivity contribution in [1.82, 2.24) is 29.8 Å². The van der Waals surface area contributed by atoms with Gasteiger partial charge in [-0.05, 0) is 30.2 Å². The number of aromatic nitrogens is 4. The van der Waals surface area contributed by atoms with Crippen LogP contribution in [0.25, 0.3) is 0 Å². The minimum Gasteiger partial charge on any atom is -0.477 e. The Labute approximate surface area is 187 Å². The molecule has 0 saturated carbocycles. The summed E-state index contributed by atoms with van der Waals surface area (Å²) in [5.74, 6) is -2.71. The number of nitrogens with two attached hydrogens (primary N) is 2. The number of amides is 2. The van der Waals surface area contributed by atoms with Gasteiger partial charge in [0.2, 0.25) is 6.04 Å². The molecule has 3 atom stereocenters. The molecule has 1 fully saturated rings. The summed E-state index contributed by atoms with van der Waals surface area (Å²) in [6.45, 7) is 0. The van der Waals surface area contributed by atoms with Gasteiger partial charge in [0.25, 0.3) is 11.8 Å². The first-order valence-electron chi connectivity index (χ1n) is 9.08. The van der Waals surface area contributed by atoms with Crippen molar-refractivity contribution in [2.75, 3.05) is 11.5 Å². The zero-order chi connectivity index (χ0) is 23.0. The molecular weight excluding hydrogens is 462 g/mol. The number of carboxylic acid groups (broad SMARTS) is 1. The number of thioether (sulfide) groups is 1. The van der Waals surface area contributed by atoms with Crippen LogP contribution < -0.4 is 16.8 Å². The van der Waals surface area contributed by atoms with E-state index in [-0.39, 0.29) is 22.5 Å². The van der Waals surface area contributed by atoms with Crippen LogP contribution in [-0.2, 0) is 14.4 Å². The average molecular weight is 477 g/mol. The van der Waals surface area contributed by atoms with E-state index in [0.29, 0.717) is 22.8 Å². The number of nitrogens with zero attached hydrogens (tertiary/aromatic N) is 6. The number of nitrogens with one attached hydrogen (secondary N) is 1. The average Bonchev–Trinajstić information content (AvgIpc) is 3.19. The van der Waals surface area contributed by atoms with E-state index in [2.05, 4.69) is 30.0 Å². The molecule has 2 aromatic rings. The van der Waals surface area contributed by atoms with Gasteiger partial charge in [0.1, 0.15) is 22.6 Å². The number of nitrogen functional groups attached to an aromatic ring is 2. The maximum Gasteiger partial charge on any atom is 0.353 e. The van der Waals surface area contributed by atoms with E-state index < -0.39 is 35.9 Å². The molecule has 32 heavy (non-hydrogen) atoms. The molecule has 14 nitrogen and oxygen atoms in total. The predicted molar refractivity (Wildman–Crippen MR) is 112 cm³/mol. The normalized spacial score (nSPS) is 20.9. The molecule has 2 aliphatic rings. The summed E-state index contributed by atoms with van der Waals surface area (Å²) in [6.07, 6.45) is 0.720. The maximum atomic E-state index is 12.7. The lowest BCUT2D eigenvalue weighted by atomic mass is 9.86. The highest BCUT2D eigenvalue weighted by Gasteiger charge is 2.54. The van der Waals surface area contributed by atoms with Crippen LogP contribution >= 0.6 is 23.3 Å². The number of hydrogen-bond donors (Lipinski definition) is 4. The fourth-order valence-electron chi connectivity index (χ4n) is 3.44. The Balaban J connectivity index is 1.51. The third-order valence-electron chi connectivity index (χ3n) is 4.84. The van der Waals surface area contributed by atoms with Gasteiger partial charge in [-0.1, -0.05) is 11.8 Å². The SMILES string of the molecule is Nc1ccc(SC2=C(C(=O)O)N3C(=O)[C@@H](NC(=O)C(N=O)c4nsc(N)n4)C3CC2)nn1. The van der Waals surface area contributed by atoms with Gasteiger partial charge < -0.3 is 21.9 Å². The van der Waals surface area contributed by atoms with Crippen molar-refractivity contribution < 1.29 is 19.5 Å². The standard InChI is InChI=1S/C16H15N9O5S2/c17-7-3-4-8(22-21-7)31-6-2-1-5-9(14(27)25(5)11(6)15(28)29)19-13(26)10(23-30)12-20-16(18)32-24-12/h3-5,9-10H,1-2H2,(H2,17,21)(H,19,26)(H,28,29)(H2,18,20,24)/t5?,9-,10?/m0/s1. The molecule has 0 aromatic carbocycles. The number of hydrogen-bond acceptors (Lipinski definition) is 13. The highest BCUT2D eigenvalue weighted by Crippen LogP contribution is 2.42. The van der Waals surface area contributed by atoms with Crippen molar-refractivity contribution in [3.8, 4) is 0 Å². The lowest BCUT2D eigenvalue weighted by molar-refractivity contribution is -0.156. The van der Waals surface area contributed by atoms with E-state index in [9.17, 15) is 24.4 Å². The minimum atomic E-state index is -1.57. The number of allylic oxidation sites excluding steroid dienone is 1. The van der Waals surface area contributed by atoms with Crippen molar-refractivity contribution >= 4 is 52.0 Å². The summed E-state index contributed by atoms with van der Waals surface area (Å²) < 4.78 is 3.80. The van der Waals surface area contributed by atoms with Crippen LogP contribution in [0.15, 0.2) is 32.9 Å². The summed E-state index contributed by atoms with van der Waals surface area (Å²) in [5.41, 5.74) is 10.8. The molecular formula is C16H15N9O5S2. The third kappa shape index (κ3) is 3.84. The molecule has 0 spiro atoms. The minimum absolute atomic E-state index is 0.0617. The van der Waals surface area contributed by atoms with Crippen LogP contribution in [-0.4, -0.2) is 59.4 Å². The first kappa shape index (κ1) is 21.6. The van der Waals surface area contributed by atoms with Gasteiger partial charge in [0.05, 0.1) is 6.04 Å². The first-order valence-corrected chi connectivity index (χ1v) is 10.7. The summed E-state index contributed by atoms with van der Waals surface area (Å²) in [5, 5.41) is 23.0. The summed E-state index contributed by atoms with van der Waals surface area (Å²) in [4.78, 5) is 53.7. The Hall–Kier alpha value is -3.66. The number of β-lactam (4-membered cyclic amide) rings is 1. The van der Waals surface area contributed by atoms with E-state index in [4.69, 9.17) is 11.5 Å². The van der Waals surface area contributed by atoms with Crippen molar-refractivity contribution in [1.29, 1.82) is 0 Å². The molecule has 0 radical (unpaired) electrons. The quantitative estimate of drug-likeness (QED) is 0.303. The van der Waals surface area contributed by atoms with E-state index in [1.807, 2.05) is 0 Å². The van der Waals surface area contributed by atoms with Crippen molar-refractivity contribution in [2.45, 2.75) is 36.0 Å². The molecule has 2 amide bonds. The Morgan fingerprint density at radius 1 is 1.34 bits per heavy atom. The molecule has 166 valence electrons. The number of aliphatic carboxylic acids is 1. The second-order valence-corrected chi connectivity index (χ2v) is 8.67. The van der Waals surface area contributed by atoms with Gasteiger partial charge in [-0.15, -0.1) is 15.1 Å². The Morgan fingerprint density at radius 2 is 2.12 bits per heavy atom. The van der Waals surface area contributed by atoms with Gasteiger partial charge in [0.15, 0.2) is 11.0 Å². The second kappa shape index (κ2) is 8.46. The number of carbonyl (C=O) groups excluding carboxylic acids is 2. The zero-order valence-corrected chi connectivity index (χ0v) is 17.7. The number of rotatable bonds is 7. The number of carbonyl (C=O) groups is 3. The van der Waals surface area contributed by atoms with E-state index >= 15 is 0 Å². The number of fused-ring (bicyclic) bond motifs is 1. The van der Waals surface area contributed by atoms with Crippen LogP contribution in [0.5, 0.6) is 0 Å². The number of nitroso groups, excluding NO2 is 1. The fourth-order valence-corrected chi connectivity index (χ4v) is 4.88. The van der Waals surface area contributed by atoms with Gasteiger partial charge in [-0.2, -0.15) is 4.37 Å². The summed E-state index contributed by atoms with van der Waals surface area (Å²) in [6, 6.07) is -0.0260. The van der Waals surface area contributed by atoms with Crippen molar-refractivity contribution in [3.63, 3.8) is 0 Å². The van der Waals surface area contributed by atoms with E-state index in [0.717, 1.165) is 28.2 Å². The monoisotopic (exact) mass is 477 g/mol. The molecule has 4 heterocycles. The lowest BCUT2D eigenvalue weighted by Gasteiger charge is -2.50. The Morgan fingerprint density at radius 3 is 2.72 bits per heavy atom. The molecule has 1 saturated heterocycles. The van der Waals surface area contributed by atoms with Crippen LogP contribution in [0, 0.1) is 4.91 Å². The topological polar surface area (TPSA) is 220 Å². The molecule has 0 bridgehead atoms. The van der Waals surface area contributed by atoms with Gasteiger partial charge in [0, 0.05) is 16.4 Å². The first-order chi connectivity index (χ1) is 15.3. The lowest BCUT2D eigenvalue weighted by Crippen LogP contribution is -2.71. The van der Waals surface area contributed by atoms with Crippen LogP contribution in [0.3, 0.4) is 0 Å². The molecule has 0 aliphatic carbocycles. The van der Waals surface area contributed by atoms with Crippen molar-refractivity contribution in [3.05, 3.63) is 33.5 Å². The van der Waals surface area contributed by atoms with Gasteiger partial charge >= 0.3 is 5.97 Å². The Kier molecular flexibility index (Phi) is 5.70. The van der Waals surface area contributed by atoms with Gasteiger partial charge in [-0.25, -0.2) is 9.78 Å². The molecule has 4 rings (SSSR count). The fraction of sp³-hybridized carbons (Fsp3) is 0.312. The third-order valence-corrected chi connectivity index (χ3v) is 6.46. The molecule has 2 aromatic heterocycles. The number of carboxylic acids is 1. The molecule has 2 unspecified atom stereocenters. The highest BCUT2D eigenvalue weighted by molar-refractivity contribution is 8.03. The highest BCUT2D eigenvalue weighted by atomic mass is 32.2. The van der Waals surface area contributed by atoms with E-state index in [1.54, 1.807) is 6.07 Å².